The summed E-state index contributed by atoms with van der Waals surface area (Å²) in [6, 6.07) is 8.45. The summed E-state index contributed by atoms with van der Waals surface area (Å²) in [6.45, 7) is 1.93. The van der Waals surface area contributed by atoms with Crippen molar-refractivity contribution in [1.82, 2.24) is 15.1 Å². The molecule has 0 atom stereocenters. The van der Waals surface area contributed by atoms with Gasteiger partial charge in [-0.25, -0.2) is 0 Å². The van der Waals surface area contributed by atoms with E-state index in [1.165, 1.54) is 0 Å². The van der Waals surface area contributed by atoms with Crippen molar-refractivity contribution >= 4 is 23.2 Å². The second-order valence-corrected chi connectivity index (χ2v) is 5.23. The van der Waals surface area contributed by atoms with Crippen molar-refractivity contribution in [3.8, 4) is 11.4 Å². The normalized spacial score (nSPS) is 10.5. The predicted molar refractivity (Wildman–Crippen MR) is 86.3 cm³/mol. The average Bonchev–Trinajstić information content (AvgIpc) is 3.04. The van der Waals surface area contributed by atoms with E-state index < -0.39 is 0 Å². The van der Waals surface area contributed by atoms with Crippen molar-refractivity contribution in [2.24, 2.45) is 0 Å². The van der Waals surface area contributed by atoms with Gasteiger partial charge in [0.1, 0.15) is 0 Å². The van der Waals surface area contributed by atoms with E-state index in [4.69, 9.17) is 16.1 Å². The molecule has 0 bridgehead atoms. The van der Waals surface area contributed by atoms with Crippen LogP contribution in [0, 0.1) is 0 Å². The lowest BCUT2D eigenvalue weighted by Crippen LogP contribution is -2.12. The minimum absolute atomic E-state index is 0.270. The number of anilines is 1. The fourth-order valence-corrected chi connectivity index (χ4v) is 2.17. The Morgan fingerprint density at radius 3 is 2.91 bits per heavy atom. The standard InChI is InChI=1S/C16H13ClN4O2/c1-2-14-20-15(21-23-14)11-7-13(9-18-8-11)19-16(22)10-4-3-5-12(17)6-10/h3-9H,2H2,1H3,(H,19,22). The predicted octanol–water partition coefficient (Wildman–Crippen LogP) is 3.60. The maximum atomic E-state index is 12.2. The van der Waals surface area contributed by atoms with E-state index in [1.807, 2.05) is 6.92 Å². The van der Waals surface area contributed by atoms with Gasteiger partial charge in [0, 0.05) is 28.8 Å². The molecule has 7 heteroatoms. The molecule has 0 unspecified atom stereocenters. The molecule has 6 nitrogen and oxygen atoms in total. The number of rotatable bonds is 4. The van der Waals surface area contributed by atoms with Crippen LogP contribution in [0.15, 0.2) is 47.2 Å². The lowest BCUT2D eigenvalue weighted by molar-refractivity contribution is 0.102. The number of nitrogens with zero attached hydrogens (tertiary/aromatic N) is 3. The summed E-state index contributed by atoms with van der Waals surface area (Å²) in [6.07, 6.45) is 3.82. The molecule has 3 aromatic rings. The molecule has 1 aromatic carbocycles. The SMILES string of the molecule is CCc1nc(-c2cncc(NC(=O)c3cccc(Cl)c3)c2)no1. The van der Waals surface area contributed by atoms with Gasteiger partial charge in [-0.1, -0.05) is 29.7 Å². The molecule has 23 heavy (non-hydrogen) atoms. The number of halogens is 1. The third kappa shape index (κ3) is 3.54. The first-order valence-corrected chi connectivity index (χ1v) is 7.38. The van der Waals surface area contributed by atoms with E-state index in [9.17, 15) is 4.79 Å². The molecular formula is C16H13ClN4O2. The van der Waals surface area contributed by atoms with Crippen LogP contribution in [0.1, 0.15) is 23.2 Å². The zero-order chi connectivity index (χ0) is 16.2. The van der Waals surface area contributed by atoms with Crippen LogP contribution in [0.5, 0.6) is 0 Å². The summed E-state index contributed by atoms with van der Waals surface area (Å²) in [5, 5.41) is 7.16. The summed E-state index contributed by atoms with van der Waals surface area (Å²) < 4.78 is 5.08. The summed E-state index contributed by atoms with van der Waals surface area (Å²) in [4.78, 5) is 20.6. The minimum Gasteiger partial charge on any atom is -0.339 e. The minimum atomic E-state index is -0.270. The van der Waals surface area contributed by atoms with Crippen LogP contribution in [0.25, 0.3) is 11.4 Å². The molecule has 0 aliphatic rings. The van der Waals surface area contributed by atoms with Crippen LogP contribution >= 0.6 is 11.6 Å². The molecular weight excluding hydrogens is 316 g/mol. The molecule has 1 N–H and O–H groups in total. The first-order valence-electron chi connectivity index (χ1n) is 7.00. The van der Waals surface area contributed by atoms with Gasteiger partial charge in [-0.15, -0.1) is 0 Å². The first kappa shape index (κ1) is 15.2. The number of carbonyl (C=O) groups excluding carboxylic acids is 1. The maximum absolute atomic E-state index is 12.2. The van der Waals surface area contributed by atoms with Crippen LogP contribution in [0.2, 0.25) is 5.02 Å². The third-order valence-electron chi connectivity index (χ3n) is 3.11. The van der Waals surface area contributed by atoms with Gasteiger partial charge in [0.25, 0.3) is 5.91 Å². The Hall–Kier alpha value is -2.73. The van der Waals surface area contributed by atoms with Gasteiger partial charge in [0.15, 0.2) is 0 Å². The zero-order valence-electron chi connectivity index (χ0n) is 12.3. The highest BCUT2D eigenvalue weighted by molar-refractivity contribution is 6.31. The maximum Gasteiger partial charge on any atom is 0.255 e. The Balaban J connectivity index is 1.81. The fraction of sp³-hybridized carbons (Fsp3) is 0.125. The van der Waals surface area contributed by atoms with Gasteiger partial charge >= 0.3 is 0 Å². The second-order valence-electron chi connectivity index (χ2n) is 4.79. The Morgan fingerprint density at radius 2 is 2.17 bits per heavy atom. The Labute approximate surface area is 137 Å². The molecule has 0 spiro atoms. The number of aromatic nitrogens is 3. The summed E-state index contributed by atoms with van der Waals surface area (Å²) >= 11 is 5.89. The van der Waals surface area contributed by atoms with Crippen molar-refractivity contribution in [3.63, 3.8) is 0 Å². The van der Waals surface area contributed by atoms with Crippen molar-refractivity contribution in [2.45, 2.75) is 13.3 Å². The van der Waals surface area contributed by atoms with Gasteiger partial charge in [-0.2, -0.15) is 4.98 Å². The number of pyridine rings is 1. The van der Waals surface area contributed by atoms with Crippen molar-refractivity contribution < 1.29 is 9.32 Å². The van der Waals surface area contributed by atoms with Crippen LogP contribution in [0.4, 0.5) is 5.69 Å². The largest absolute Gasteiger partial charge is 0.339 e. The highest BCUT2D eigenvalue weighted by atomic mass is 35.5. The zero-order valence-corrected chi connectivity index (χ0v) is 13.0. The fourth-order valence-electron chi connectivity index (χ4n) is 1.98. The molecule has 0 fully saturated rings. The average molecular weight is 329 g/mol. The van der Waals surface area contributed by atoms with E-state index in [-0.39, 0.29) is 5.91 Å². The number of hydrogen-bond donors (Lipinski definition) is 1. The molecule has 0 saturated carbocycles. The molecule has 0 radical (unpaired) electrons. The summed E-state index contributed by atoms with van der Waals surface area (Å²) in [7, 11) is 0. The Morgan fingerprint density at radius 1 is 1.30 bits per heavy atom. The first-order chi connectivity index (χ1) is 11.2. The van der Waals surface area contributed by atoms with Gasteiger partial charge in [-0.05, 0) is 24.3 Å². The van der Waals surface area contributed by atoms with E-state index in [0.717, 1.165) is 0 Å². The smallest absolute Gasteiger partial charge is 0.255 e. The lowest BCUT2D eigenvalue weighted by atomic mass is 10.2. The van der Waals surface area contributed by atoms with Gasteiger partial charge < -0.3 is 9.84 Å². The molecule has 3 rings (SSSR count). The van der Waals surface area contributed by atoms with Crippen LogP contribution in [0.3, 0.4) is 0 Å². The van der Waals surface area contributed by atoms with Gasteiger partial charge in [-0.3, -0.25) is 9.78 Å². The number of benzene rings is 1. The molecule has 2 aromatic heterocycles. The van der Waals surface area contributed by atoms with E-state index in [1.54, 1.807) is 42.7 Å². The van der Waals surface area contributed by atoms with Crippen molar-refractivity contribution in [3.05, 3.63) is 59.2 Å². The molecule has 1 amide bonds. The lowest BCUT2D eigenvalue weighted by Gasteiger charge is -2.06. The van der Waals surface area contributed by atoms with Gasteiger partial charge in [0.05, 0.1) is 11.9 Å². The van der Waals surface area contributed by atoms with Crippen LogP contribution in [-0.4, -0.2) is 21.0 Å². The van der Waals surface area contributed by atoms with Crippen molar-refractivity contribution in [2.75, 3.05) is 5.32 Å². The van der Waals surface area contributed by atoms with Gasteiger partial charge in [0.2, 0.25) is 11.7 Å². The molecule has 0 aliphatic carbocycles. The van der Waals surface area contributed by atoms with E-state index >= 15 is 0 Å². The number of hydrogen-bond acceptors (Lipinski definition) is 5. The third-order valence-corrected chi connectivity index (χ3v) is 3.35. The highest BCUT2D eigenvalue weighted by Crippen LogP contribution is 2.19. The van der Waals surface area contributed by atoms with Crippen molar-refractivity contribution in [1.29, 1.82) is 0 Å². The molecule has 0 aliphatic heterocycles. The van der Waals surface area contributed by atoms with Crippen LogP contribution < -0.4 is 5.32 Å². The van der Waals surface area contributed by atoms with E-state index in [2.05, 4.69) is 20.4 Å². The van der Waals surface area contributed by atoms with E-state index in [0.29, 0.717) is 40.0 Å². The monoisotopic (exact) mass is 328 g/mol. The molecule has 2 heterocycles. The summed E-state index contributed by atoms with van der Waals surface area (Å²) in [5.41, 5.74) is 1.67. The Kier molecular flexibility index (Phi) is 4.34. The topological polar surface area (TPSA) is 80.9 Å². The number of aryl methyl sites for hydroxylation is 1. The number of amides is 1. The Bertz CT molecular complexity index is 847. The highest BCUT2D eigenvalue weighted by Gasteiger charge is 2.11. The quantitative estimate of drug-likeness (QED) is 0.791. The number of nitrogens with one attached hydrogen (secondary N) is 1. The van der Waals surface area contributed by atoms with Crippen LogP contribution in [-0.2, 0) is 6.42 Å². The second kappa shape index (κ2) is 6.58. The molecule has 116 valence electrons. The molecule has 0 saturated heterocycles. The summed E-state index contributed by atoms with van der Waals surface area (Å²) in [5.74, 6) is 0.718. The number of carbonyl (C=O) groups is 1.